The standard InChI is InChI=1S/C12H14F2N2O2S/c13-9-6-10(14)12(7-11(9)15)19(17,18)16-8-4-2-1-3-5-8/h1-2,6-8,16H,3-5,15H2. The SMILES string of the molecule is Nc1cc(S(=O)(=O)NC2CC=CCC2)c(F)cc1F. The number of halogens is 2. The smallest absolute Gasteiger partial charge is 0.243 e. The quantitative estimate of drug-likeness (QED) is 0.659. The number of nitrogens with two attached hydrogens (primary N) is 1. The van der Waals surface area contributed by atoms with Crippen molar-refractivity contribution in [1.82, 2.24) is 4.72 Å². The molecule has 0 amide bonds. The first-order chi connectivity index (χ1) is 8.90. The summed E-state index contributed by atoms with van der Waals surface area (Å²) in [7, 11) is -4.04. The fourth-order valence-electron chi connectivity index (χ4n) is 1.93. The summed E-state index contributed by atoms with van der Waals surface area (Å²) in [6, 6.07) is 0.997. The van der Waals surface area contributed by atoms with E-state index in [1.54, 1.807) is 0 Å². The lowest BCUT2D eigenvalue weighted by molar-refractivity contribution is 0.511. The van der Waals surface area contributed by atoms with Gasteiger partial charge in [-0.2, -0.15) is 0 Å². The number of nitrogens with one attached hydrogen (secondary N) is 1. The van der Waals surface area contributed by atoms with E-state index in [1.165, 1.54) is 0 Å². The van der Waals surface area contributed by atoms with Crippen molar-refractivity contribution in [3.8, 4) is 0 Å². The minimum Gasteiger partial charge on any atom is -0.396 e. The summed E-state index contributed by atoms with van der Waals surface area (Å²) in [5, 5.41) is 0. The van der Waals surface area contributed by atoms with Crippen molar-refractivity contribution in [2.45, 2.75) is 30.2 Å². The first kappa shape index (κ1) is 14.0. The third kappa shape index (κ3) is 3.10. The molecule has 7 heteroatoms. The maximum absolute atomic E-state index is 13.6. The second-order valence-electron chi connectivity index (χ2n) is 4.41. The number of anilines is 1. The van der Waals surface area contributed by atoms with Crippen LogP contribution in [0.15, 0.2) is 29.2 Å². The van der Waals surface area contributed by atoms with Gasteiger partial charge in [0.05, 0.1) is 5.69 Å². The predicted molar refractivity (Wildman–Crippen MR) is 67.9 cm³/mol. The summed E-state index contributed by atoms with van der Waals surface area (Å²) in [6.45, 7) is 0. The lowest BCUT2D eigenvalue weighted by Gasteiger charge is -2.19. The van der Waals surface area contributed by atoms with Crippen LogP contribution in [-0.2, 0) is 10.0 Å². The van der Waals surface area contributed by atoms with Gasteiger partial charge < -0.3 is 5.73 Å². The molecule has 1 aliphatic rings. The Bertz CT molecular complexity index is 614. The zero-order chi connectivity index (χ0) is 14.0. The molecule has 0 radical (unpaired) electrons. The average molecular weight is 288 g/mol. The Kier molecular flexibility index (Phi) is 3.86. The van der Waals surface area contributed by atoms with Gasteiger partial charge in [0.2, 0.25) is 10.0 Å². The largest absolute Gasteiger partial charge is 0.396 e. The van der Waals surface area contributed by atoms with E-state index in [2.05, 4.69) is 4.72 Å². The van der Waals surface area contributed by atoms with Crippen LogP contribution < -0.4 is 10.5 Å². The van der Waals surface area contributed by atoms with Crippen molar-refractivity contribution < 1.29 is 17.2 Å². The van der Waals surface area contributed by atoms with E-state index in [0.29, 0.717) is 18.9 Å². The second-order valence-corrected chi connectivity index (χ2v) is 6.09. The number of benzene rings is 1. The monoisotopic (exact) mass is 288 g/mol. The number of nitrogen functional groups attached to an aromatic ring is 1. The molecule has 1 aromatic rings. The molecule has 0 bridgehead atoms. The summed E-state index contributed by atoms with van der Waals surface area (Å²) >= 11 is 0. The summed E-state index contributed by atoms with van der Waals surface area (Å²) in [4.78, 5) is -0.624. The van der Waals surface area contributed by atoms with Crippen LogP contribution in [0.25, 0.3) is 0 Å². The maximum atomic E-state index is 13.6. The fraction of sp³-hybridized carbons (Fsp3) is 0.333. The molecule has 104 valence electrons. The van der Waals surface area contributed by atoms with Crippen LogP contribution >= 0.6 is 0 Å². The van der Waals surface area contributed by atoms with Crippen LogP contribution in [0, 0.1) is 11.6 Å². The Hall–Kier alpha value is -1.47. The van der Waals surface area contributed by atoms with Gasteiger partial charge in [-0.15, -0.1) is 0 Å². The van der Waals surface area contributed by atoms with Crippen molar-refractivity contribution >= 4 is 15.7 Å². The molecule has 2 rings (SSSR count). The first-order valence-corrected chi connectivity index (χ1v) is 7.30. The number of hydrogen-bond acceptors (Lipinski definition) is 3. The Morgan fingerprint density at radius 2 is 1.95 bits per heavy atom. The van der Waals surface area contributed by atoms with Gasteiger partial charge in [-0.1, -0.05) is 12.2 Å². The molecule has 0 heterocycles. The highest BCUT2D eigenvalue weighted by atomic mass is 32.2. The molecule has 19 heavy (non-hydrogen) atoms. The number of rotatable bonds is 3. The summed E-state index contributed by atoms with van der Waals surface area (Å²) in [6.07, 6.45) is 5.79. The molecule has 0 aliphatic heterocycles. The Balaban J connectivity index is 2.29. The maximum Gasteiger partial charge on any atom is 0.243 e. The molecular weight excluding hydrogens is 274 g/mol. The third-order valence-electron chi connectivity index (χ3n) is 2.93. The first-order valence-electron chi connectivity index (χ1n) is 5.82. The molecule has 1 aliphatic carbocycles. The van der Waals surface area contributed by atoms with E-state index in [4.69, 9.17) is 5.73 Å². The Labute approximate surface area is 110 Å². The topological polar surface area (TPSA) is 72.2 Å². The zero-order valence-electron chi connectivity index (χ0n) is 10.1. The lowest BCUT2D eigenvalue weighted by atomic mass is 10.0. The molecule has 0 saturated heterocycles. The molecule has 0 saturated carbocycles. The molecule has 1 unspecified atom stereocenters. The Morgan fingerprint density at radius 3 is 2.58 bits per heavy atom. The van der Waals surface area contributed by atoms with E-state index in [9.17, 15) is 17.2 Å². The predicted octanol–water partition coefficient (Wildman–Crippen LogP) is 1.93. The molecule has 1 atom stereocenters. The number of sulfonamides is 1. The van der Waals surface area contributed by atoms with Crippen molar-refractivity contribution in [2.75, 3.05) is 5.73 Å². The molecule has 0 aromatic heterocycles. The van der Waals surface area contributed by atoms with Crippen LogP contribution in [0.1, 0.15) is 19.3 Å². The van der Waals surface area contributed by atoms with Crippen molar-refractivity contribution in [2.24, 2.45) is 0 Å². The Morgan fingerprint density at radius 1 is 1.21 bits per heavy atom. The highest BCUT2D eigenvalue weighted by Gasteiger charge is 2.24. The highest BCUT2D eigenvalue weighted by molar-refractivity contribution is 7.89. The normalized spacial score (nSPS) is 19.6. The van der Waals surface area contributed by atoms with Crippen molar-refractivity contribution in [3.05, 3.63) is 35.9 Å². The van der Waals surface area contributed by atoms with Gasteiger partial charge in [-0.25, -0.2) is 21.9 Å². The van der Waals surface area contributed by atoms with E-state index in [0.717, 1.165) is 12.5 Å². The van der Waals surface area contributed by atoms with Gasteiger partial charge in [0.25, 0.3) is 0 Å². The molecule has 0 spiro atoms. The van der Waals surface area contributed by atoms with Gasteiger partial charge in [-0.05, 0) is 25.3 Å². The average Bonchev–Trinajstić information content (AvgIpc) is 2.34. The second kappa shape index (κ2) is 5.26. The summed E-state index contributed by atoms with van der Waals surface area (Å²) < 4.78 is 53.0. The van der Waals surface area contributed by atoms with Crippen LogP contribution in [-0.4, -0.2) is 14.5 Å². The minimum atomic E-state index is -4.04. The van der Waals surface area contributed by atoms with E-state index in [-0.39, 0.29) is 6.04 Å². The number of hydrogen-bond donors (Lipinski definition) is 2. The van der Waals surface area contributed by atoms with Crippen LogP contribution in [0.2, 0.25) is 0 Å². The van der Waals surface area contributed by atoms with Crippen molar-refractivity contribution in [3.63, 3.8) is 0 Å². The molecule has 4 nitrogen and oxygen atoms in total. The molecule has 0 fully saturated rings. The number of allylic oxidation sites excluding steroid dienone is 1. The molecule has 3 N–H and O–H groups in total. The lowest BCUT2D eigenvalue weighted by Crippen LogP contribution is -2.35. The van der Waals surface area contributed by atoms with Gasteiger partial charge >= 0.3 is 0 Å². The van der Waals surface area contributed by atoms with E-state index >= 15 is 0 Å². The summed E-state index contributed by atoms with van der Waals surface area (Å²) in [5.41, 5.74) is 4.88. The molecule has 1 aromatic carbocycles. The van der Waals surface area contributed by atoms with Gasteiger partial charge in [0.1, 0.15) is 16.5 Å². The van der Waals surface area contributed by atoms with Crippen LogP contribution in [0.5, 0.6) is 0 Å². The minimum absolute atomic E-state index is 0.277. The molecular formula is C12H14F2N2O2S. The van der Waals surface area contributed by atoms with Crippen LogP contribution in [0.4, 0.5) is 14.5 Å². The van der Waals surface area contributed by atoms with Gasteiger partial charge in [0.15, 0.2) is 0 Å². The summed E-state index contributed by atoms with van der Waals surface area (Å²) in [5.74, 6) is -2.12. The van der Waals surface area contributed by atoms with Gasteiger partial charge in [-0.3, -0.25) is 0 Å². The van der Waals surface area contributed by atoms with Crippen LogP contribution in [0.3, 0.4) is 0 Å². The third-order valence-corrected chi connectivity index (χ3v) is 4.47. The van der Waals surface area contributed by atoms with E-state index in [1.807, 2.05) is 12.2 Å². The van der Waals surface area contributed by atoms with E-state index < -0.39 is 32.2 Å². The highest BCUT2D eigenvalue weighted by Crippen LogP contribution is 2.22. The fourth-order valence-corrected chi connectivity index (χ4v) is 3.31. The van der Waals surface area contributed by atoms with Crippen molar-refractivity contribution in [1.29, 1.82) is 0 Å². The zero-order valence-corrected chi connectivity index (χ0v) is 10.9. The van der Waals surface area contributed by atoms with Gasteiger partial charge in [0, 0.05) is 12.1 Å².